The van der Waals surface area contributed by atoms with Crippen LogP contribution in [0.2, 0.25) is 0 Å². The van der Waals surface area contributed by atoms with Gasteiger partial charge in [0, 0.05) is 6.54 Å². The number of rotatable bonds is 12. The van der Waals surface area contributed by atoms with E-state index in [0.29, 0.717) is 30.6 Å². The monoisotopic (exact) mass is 426 g/mol. The van der Waals surface area contributed by atoms with E-state index in [0.717, 1.165) is 17.9 Å². The Morgan fingerprint density at radius 2 is 1.72 bits per heavy atom. The third-order valence-electron chi connectivity index (χ3n) is 4.06. The Balaban J connectivity index is 0.00000204. The summed E-state index contributed by atoms with van der Waals surface area (Å²) in [5, 5.41) is 3.43. The first-order valence-corrected chi connectivity index (χ1v) is 10.3. The van der Waals surface area contributed by atoms with Crippen LogP contribution in [0.4, 0.5) is 0 Å². The Hall–Kier alpha value is -1.98. The molecule has 1 heterocycles. The highest BCUT2D eigenvalue weighted by atomic mass is 32.1. The third kappa shape index (κ3) is 7.75. The van der Waals surface area contributed by atoms with Crippen LogP contribution in [-0.2, 0) is 14.4 Å². The van der Waals surface area contributed by atoms with Crippen molar-refractivity contribution in [1.29, 1.82) is 0 Å². The zero-order valence-corrected chi connectivity index (χ0v) is 17.5. The van der Waals surface area contributed by atoms with Crippen molar-refractivity contribution in [2.75, 3.05) is 39.2 Å². The third-order valence-corrected chi connectivity index (χ3v) is 4.06. The van der Waals surface area contributed by atoms with Crippen LogP contribution in [-0.4, -0.2) is 68.0 Å². The number of nitrogens with zero attached hydrogens (tertiary/aromatic N) is 1. The summed E-state index contributed by atoms with van der Waals surface area (Å²) >= 11 is 3.53. The van der Waals surface area contributed by atoms with Gasteiger partial charge in [-0.05, 0) is 37.8 Å². The summed E-state index contributed by atoms with van der Waals surface area (Å²) in [4.78, 5) is 41.1. The summed E-state index contributed by atoms with van der Waals surface area (Å²) in [7, 11) is 0. The lowest BCUT2D eigenvalue weighted by Gasteiger charge is -2.14. The molecule has 1 aliphatic heterocycles. The number of nitrogens with two attached hydrogens (primary N) is 2. The van der Waals surface area contributed by atoms with Crippen LogP contribution in [0.25, 0.3) is 0 Å². The fourth-order valence-corrected chi connectivity index (χ4v) is 2.59. The van der Waals surface area contributed by atoms with Crippen LogP contribution in [0.3, 0.4) is 0 Å². The molecule has 0 aromatic heterocycles. The summed E-state index contributed by atoms with van der Waals surface area (Å²) in [6.45, 7) is 1.39. The molecule has 5 N–H and O–H groups in total. The molecule has 2 rings (SSSR count). The Labute approximate surface area is 176 Å². The zero-order chi connectivity index (χ0) is 21.6. The van der Waals surface area contributed by atoms with Crippen molar-refractivity contribution in [2.24, 2.45) is 11.5 Å². The molecule has 0 radical (unpaired) electrons. The number of imide groups is 1. The van der Waals surface area contributed by atoms with Gasteiger partial charge in [-0.25, -0.2) is 0 Å². The van der Waals surface area contributed by atoms with Gasteiger partial charge in [0.15, 0.2) is 0 Å². The van der Waals surface area contributed by atoms with E-state index in [4.69, 9.17) is 21.0 Å². The lowest BCUT2D eigenvalue weighted by atomic mass is 10.1. The predicted molar refractivity (Wildman–Crippen MR) is 113 cm³/mol. The SMILES string of the molecule is CS.NCCCC[C@H](N)C(=O)NCCOCCON1C(=O)c2ccccc2C1=O. The quantitative estimate of drug-likeness (QED) is 0.215. The highest BCUT2D eigenvalue weighted by Gasteiger charge is 2.36. The first kappa shape index (κ1) is 25.1. The first-order chi connectivity index (χ1) is 14.1. The molecular formula is C19H30N4O5S. The number of carbonyl (C=O) groups is 3. The Morgan fingerprint density at radius 1 is 1.10 bits per heavy atom. The van der Waals surface area contributed by atoms with Crippen LogP contribution in [0.1, 0.15) is 40.0 Å². The molecule has 0 saturated heterocycles. The van der Waals surface area contributed by atoms with Crippen molar-refractivity contribution >= 4 is 30.4 Å². The number of thiol groups is 1. The van der Waals surface area contributed by atoms with Crippen molar-refractivity contribution < 1.29 is 24.0 Å². The molecule has 1 aliphatic rings. The van der Waals surface area contributed by atoms with E-state index in [2.05, 4.69) is 17.9 Å². The van der Waals surface area contributed by atoms with Gasteiger partial charge in [-0.3, -0.25) is 19.2 Å². The van der Waals surface area contributed by atoms with Crippen LogP contribution in [0, 0.1) is 0 Å². The van der Waals surface area contributed by atoms with Crippen LogP contribution in [0.5, 0.6) is 0 Å². The summed E-state index contributed by atoms with van der Waals surface area (Å²) in [5.74, 6) is -1.18. The van der Waals surface area contributed by atoms with Crippen LogP contribution in [0.15, 0.2) is 24.3 Å². The lowest BCUT2D eigenvalue weighted by molar-refractivity contribution is -0.123. The second-order valence-corrected chi connectivity index (χ2v) is 6.08. The molecule has 0 unspecified atom stereocenters. The number of ether oxygens (including phenoxy) is 1. The van der Waals surface area contributed by atoms with Gasteiger partial charge in [-0.15, -0.1) is 5.06 Å². The number of carbonyl (C=O) groups excluding carboxylic acids is 3. The van der Waals surface area contributed by atoms with E-state index in [1.54, 1.807) is 30.5 Å². The maximum Gasteiger partial charge on any atom is 0.285 e. The van der Waals surface area contributed by atoms with Gasteiger partial charge in [0.2, 0.25) is 5.91 Å². The number of hydrogen-bond acceptors (Lipinski definition) is 8. The predicted octanol–water partition coefficient (Wildman–Crippen LogP) is 0.349. The molecule has 0 fully saturated rings. The number of amides is 3. The highest BCUT2D eigenvalue weighted by Crippen LogP contribution is 2.22. The van der Waals surface area contributed by atoms with Gasteiger partial charge in [0.05, 0.1) is 37.0 Å². The second kappa shape index (κ2) is 14.1. The molecule has 3 amide bonds. The molecule has 29 heavy (non-hydrogen) atoms. The minimum atomic E-state index is -0.547. The number of benzene rings is 1. The Kier molecular flexibility index (Phi) is 12.2. The fourth-order valence-electron chi connectivity index (χ4n) is 2.59. The normalized spacial score (nSPS) is 13.6. The average molecular weight is 427 g/mol. The van der Waals surface area contributed by atoms with Crippen LogP contribution >= 0.6 is 12.6 Å². The average Bonchev–Trinajstić information content (AvgIpc) is 2.99. The Morgan fingerprint density at radius 3 is 2.31 bits per heavy atom. The second-order valence-electron chi connectivity index (χ2n) is 6.08. The molecule has 1 aromatic rings. The van der Waals surface area contributed by atoms with Gasteiger partial charge in [-0.1, -0.05) is 18.6 Å². The first-order valence-electron chi connectivity index (χ1n) is 9.42. The van der Waals surface area contributed by atoms with Gasteiger partial charge in [0.1, 0.15) is 0 Å². The maximum atomic E-state index is 12.1. The van der Waals surface area contributed by atoms with Crippen LogP contribution < -0.4 is 16.8 Å². The van der Waals surface area contributed by atoms with Crippen molar-refractivity contribution in [2.45, 2.75) is 25.3 Å². The smallest absolute Gasteiger partial charge is 0.285 e. The minimum absolute atomic E-state index is 0.0397. The topological polar surface area (TPSA) is 137 Å². The molecule has 9 nitrogen and oxygen atoms in total. The van der Waals surface area contributed by atoms with Crippen molar-refractivity contribution in [3.05, 3.63) is 35.4 Å². The van der Waals surface area contributed by atoms with E-state index >= 15 is 0 Å². The largest absolute Gasteiger partial charge is 0.377 e. The number of hydroxylamine groups is 2. The molecular weight excluding hydrogens is 396 g/mol. The molecule has 162 valence electrons. The van der Waals surface area contributed by atoms with Crippen molar-refractivity contribution in [3.8, 4) is 0 Å². The Bertz CT molecular complexity index is 639. The van der Waals surface area contributed by atoms with E-state index in [1.807, 2.05) is 0 Å². The summed E-state index contributed by atoms with van der Waals surface area (Å²) in [6, 6.07) is 6.00. The number of unbranched alkanes of at least 4 members (excludes halogenated alkanes) is 1. The van der Waals surface area contributed by atoms with Crippen molar-refractivity contribution in [1.82, 2.24) is 10.4 Å². The lowest BCUT2D eigenvalue weighted by Crippen LogP contribution is -2.41. The molecule has 0 bridgehead atoms. The van der Waals surface area contributed by atoms with Crippen molar-refractivity contribution in [3.63, 3.8) is 0 Å². The zero-order valence-electron chi connectivity index (χ0n) is 16.6. The molecule has 10 heteroatoms. The number of fused-ring (bicyclic) bond motifs is 1. The summed E-state index contributed by atoms with van der Waals surface area (Å²) in [5.41, 5.74) is 11.8. The van der Waals surface area contributed by atoms with Gasteiger partial charge in [-0.2, -0.15) is 12.6 Å². The number of nitrogens with one attached hydrogen (secondary N) is 1. The van der Waals surface area contributed by atoms with E-state index in [9.17, 15) is 14.4 Å². The highest BCUT2D eigenvalue weighted by molar-refractivity contribution is 7.79. The van der Waals surface area contributed by atoms with E-state index < -0.39 is 17.9 Å². The maximum absolute atomic E-state index is 12.1. The number of hydrogen-bond donors (Lipinski definition) is 4. The molecule has 1 atom stereocenters. The molecule has 0 spiro atoms. The minimum Gasteiger partial charge on any atom is -0.377 e. The molecule has 0 saturated carbocycles. The van der Waals surface area contributed by atoms with E-state index in [-0.39, 0.29) is 25.7 Å². The summed E-state index contributed by atoms with van der Waals surface area (Å²) < 4.78 is 5.32. The standard InChI is InChI=1S/C18H26N4O5.CH4S/c19-8-4-3-7-15(20)16(23)21-9-10-26-11-12-27-22-17(24)13-5-1-2-6-14(13)18(22)25;1-2/h1-2,5-6,15H,3-4,7-12,19-20H2,(H,21,23);2H,1H3/t15-;/m0./s1. The van der Waals surface area contributed by atoms with E-state index in [1.165, 1.54) is 0 Å². The molecule has 1 aromatic carbocycles. The van der Waals surface area contributed by atoms with Gasteiger partial charge in [0.25, 0.3) is 11.8 Å². The van der Waals surface area contributed by atoms with Gasteiger partial charge >= 0.3 is 0 Å². The summed E-state index contributed by atoms with van der Waals surface area (Å²) in [6.07, 6.45) is 3.95. The fraction of sp³-hybridized carbons (Fsp3) is 0.526. The van der Waals surface area contributed by atoms with Gasteiger partial charge < -0.3 is 21.5 Å². The molecule has 0 aliphatic carbocycles.